The summed E-state index contributed by atoms with van der Waals surface area (Å²) in [7, 11) is 0. The van der Waals surface area contributed by atoms with Crippen LogP contribution in [0.15, 0.2) is 0 Å². The Bertz CT molecular complexity index is 1060. The molecule has 0 radical (unpaired) electrons. The van der Waals surface area contributed by atoms with Gasteiger partial charge in [-0.3, -0.25) is 4.90 Å². The highest BCUT2D eigenvalue weighted by Crippen LogP contribution is 2.43. The van der Waals surface area contributed by atoms with Gasteiger partial charge in [-0.15, -0.1) is 0 Å². The predicted molar refractivity (Wildman–Crippen MR) is 108 cm³/mol. The molecule has 3 saturated heterocycles. The molecule has 0 bridgehead atoms. The third kappa shape index (κ3) is 3.02. The number of aliphatic hydroxyl groups is 1. The normalized spacial score (nSPS) is 32.1. The molecule has 4 atom stereocenters. The summed E-state index contributed by atoms with van der Waals surface area (Å²) in [5.74, 6) is -0.197. The number of halogens is 3. The first-order chi connectivity index (χ1) is 14.9. The fraction of sp³-hybridized carbons (Fsp3) is 0.650. The van der Waals surface area contributed by atoms with Crippen LogP contribution >= 0.6 is 11.6 Å². The maximum absolute atomic E-state index is 14.9. The highest BCUT2D eigenvalue weighted by atomic mass is 35.5. The van der Waals surface area contributed by atoms with E-state index in [9.17, 15) is 13.9 Å². The van der Waals surface area contributed by atoms with Crippen LogP contribution in [-0.2, 0) is 0 Å². The SMILES string of the molecule is OC1C[C@H]2COc3nc(Cl)c(F)c4nc(OC[C@@]56CCCN5C[C@H](F)C6)nc(c34)N2C1. The summed E-state index contributed by atoms with van der Waals surface area (Å²) in [5.41, 5.74) is -0.409. The number of fused-ring (bicyclic) bond motifs is 3. The molecule has 6 heterocycles. The Morgan fingerprint density at radius 1 is 1.29 bits per heavy atom. The second-order valence-electron chi connectivity index (χ2n) is 8.95. The topological polar surface area (TPSA) is 83.8 Å². The van der Waals surface area contributed by atoms with E-state index >= 15 is 0 Å². The van der Waals surface area contributed by atoms with Gasteiger partial charge in [0.25, 0.3) is 0 Å². The number of rotatable bonds is 3. The van der Waals surface area contributed by atoms with Crippen molar-refractivity contribution < 1.29 is 23.4 Å². The van der Waals surface area contributed by atoms with Gasteiger partial charge in [-0.25, -0.2) is 8.78 Å². The molecule has 1 unspecified atom stereocenters. The van der Waals surface area contributed by atoms with Crippen molar-refractivity contribution in [3.8, 4) is 11.9 Å². The zero-order chi connectivity index (χ0) is 21.3. The fourth-order valence-electron chi connectivity index (χ4n) is 5.59. The maximum atomic E-state index is 14.9. The molecule has 0 aliphatic carbocycles. The molecule has 3 fully saturated rings. The monoisotopic (exact) mass is 453 g/mol. The Labute approximate surface area is 182 Å². The quantitative estimate of drug-likeness (QED) is 0.707. The number of pyridine rings is 1. The van der Waals surface area contributed by atoms with Crippen LogP contribution in [0.2, 0.25) is 5.15 Å². The second kappa shape index (κ2) is 6.98. The van der Waals surface area contributed by atoms with E-state index in [1.807, 2.05) is 4.90 Å². The largest absolute Gasteiger partial charge is 0.475 e. The summed E-state index contributed by atoms with van der Waals surface area (Å²) < 4.78 is 40.8. The zero-order valence-electron chi connectivity index (χ0n) is 16.7. The molecule has 8 nitrogen and oxygen atoms in total. The molecule has 4 aliphatic heterocycles. The van der Waals surface area contributed by atoms with Crippen molar-refractivity contribution >= 4 is 28.3 Å². The van der Waals surface area contributed by atoms with Crippen LogP contribution in [-0.4, -0.2) is 81.7 Å². The molecule has 11 heteroatoms. The number of aromatic nitrogens is 3. The van der Waals surface area contributed by atoms with Crippen molar-refractivity contribution in [1.29, 1.82) is 0 Å². The Balaban J connectivity index is 1.42. The van der Waals surface area contributed by atoms with Crippen LogP contribution in [0.1, 0.15) is 25.7 Å². The molecule has 4 aliphatic rings. The van der Waals surface area contributed by atoms with Gasteiger partial charge >= 0.3 is 6.01 Å². The molecular formula is C20H22ClF2N5O3. The van der Waals surface area contributed by atoms with Gasteiger partial charge in [0.05, 0.1) is 17.7 Å². The predicted octanol–water partition coefficient (Wildman–Crippen LogP) is 2.10. The Morgan fingerprint density at radius 2 is 2.16 bits per heavy atom. The van der Waals surface area contributed by atoms with Crippen molar-refractivity contribution in [3.63, 3.8) is 0 Å². The number of ether oxygens (including phenoxy) is 2. The summed E-state index contributed by atoms with van der Waals surface area (Å²) in [6.45, 7) is 2.09. The minimum absolute atomic E-state index is 0.000176. The third-order valence-electron chi connectivity index (χ3n) is 6.98. The molecule has 31 heavy (non-hydrogen) atoms. The fourth-order valence-corrected chi connectivity index (χ4v) is 5.75. The minimum atomic E-state index is -0.875. The minimum Gasteiger partial charge on any atom is -0.475 e. The van der Waals surface area contributed by atoms with Crippen molar-refractivity contribution in [1.82, 2.24) is 19.9 Å². The van der Waals surface area contributed by atoms with Crippen LogP contribution in [0.5, 0.6) is 11.9 Å². The molecule has 2 aromatic heterocycles. The van der Waals surface area contributed by atoms with E-state index in [4.69, 9.17) is 21.1 Å². The summed E-state index contributed by atoms with van der Waals surface area (Å²) in [5, 5.41) is 10.2. The number of hydrogen-bond donors (Lipinski definition) is 1. The molecule has 0 aromatic carbocycles. The van der Waals surface area contributed by atoms with Crippen LogP contribution < -0.4 is 14.4 Å². The molecule has 0 spiro atoms. The van der Waals surface area contributed by atoms with E-state index < -0.39 is 18.1 Å². The lowest BCUT2D eigenvalue weighted by atomic mass is 9.95. The molecular weight excluding hydrogens is 432 g/mol. The summed E-state index contributed by atoms with van der Waals surface area (Å²) in [6.07, 6.45) is 1.33. The van der Waals surface area contributed by atoms with Gasteiger partial charge in [-0.05, 0) is 25.8 Å². The average molecular weight is 454 g/mol. The second-order valence-corrected chi connectivity index (χ2v) is 9.30. The third-order valence-corrected chi connectivity index (χ3v) is 7.23. The van der Waals surface area contributed by atoms with Gasteiger partial charge in [-0.2, -0.15) is 15.0 Å². The van der Waals surface area contributed by atoms with E-state index in [0.29, 0.717) is 37.1 Å². The number of nitrogens with zero attached hydrogens (tertiary/aromatic N) is 5. The van der Waals surface area contributed by atoms with Gasteiger partial charge in [0.2, 0.25) is 5.88 Å². The standard InChI is InChI=1S/C20H22ClF2N5O3/c21-16-14(23)15-13-17(28-7-12(29)4-11(28)8-30-18(13)25-16)26-19(24-15)31-9-20-2-1-3-27(20)6-10(22)5-20/h10-12,29H,1-9H2/t10-,11+,12?,20+/m1/s1. The van der Waals surface area contributed by atoms with Crippen LogP contribution in [0, 0.1) is 5.82 Å². The molecule has 2 aromatic rings. The summed E-state index contributed by atoms with van der Waals surface area (Å²) in [6, 6.07) is -0.136. The van der Waals surface area contributed by atoms with E-state index in [0.717, 1.165) is 19.4 Å². The number of hydrogen-bond acceptors (Lipinski definition) is 8. The molecule has 6 rings (SSSR count). The molecule has 166 valence electrons. The van der Waals surface area contributed by atoms with E-state index in [-0.39, 0.29) is 47.4 Å². The lowest BCUT2D eigenvalue weighted by molar-refractivity contribution is 0.107. The van der Waals surface area contributed by atoms with Crippen LogP contribution in [0.25, 0.3) is 10.9 Å². The van der Waals surface area contributed by atoms with Crippen molar-refractivity contribution in [2.75, 3.05) is 37.7 Å². The van der Waals surface area contributed by atoms with Crippen molar-refractivity contribution in [2.24, 2.45) is 0 Å². The average Bonchev–Trinajstić information content (AvgIpc) is 3.36. The maximum Gasteiger partial charge on any atom is 0.319 e. The molecule has 0 amide bonds. The van der Waals surface area contributed by atoms with Crippen molar-refractivity contribution in [3.05, 3.63) is 11.0 Å². The highest BCUT2D eigenvalue weighted by molar-refractivity contribution is 6.30. The van der Waals surface area contributed by atoms with Gasteiger partial charge in [0.1, 0.15) is 36.1 Å². The molecule has 0 saturated carbocycles. The first-order valence-corrected chi connectivity index (χ1v) is 11.0. The Hall–Kier alpha value is -2.04. The van der Waals surface area contributed by atoms with Gasteiger partial charge < -0.3 is 19.5 Å². The van der Waals surface area contributed by atoms with E-state index in [1.54, 1.807) is 0 Å². The Kier molecular flexibility index (Phi) is 4.42. The lowest BCUT2D eigenvalue weighted by Crippen LogP contribution is -2.43. The van der Waals surface area contributed by atoms with Gasteiger partial charge in [0.15, 0.2) is 11.0 Å². The van der Waals surface area contributed by atoms with Crippen LogP contribution in [0.4, 0.5) is 14.6 Å². The van der Waals surface area contributed by atoms with Crippen molar-refractivity contribution in [2.45, 2.75) is 49.5 Å². The number of aliphatic hydroxyl groups excluding tert-OH is 1. The Morgan fingerprint density at radius 3 is 3.03 bits per heavy atom. The van der Waals surface area contributed by atoms with E-state index in [2.05, 4.69) is 19.9 Å². The van der Waals surface area contributed by atoms with Gasteiger partial charge in [-0.1, -0.05) is 11.6 Å². The van der Waals surface area contributed by atoms with Crippen LogP contribution in [0.3, 0.4) is 0 Å². The number of alkyl halides is 1. The lowest BCUT2D eigenvalue weighted by Gasteiger charge is -2.31. The van der Waals surface area contributed by atoms with E-state index in [1.165, 1.54) is 0 Å². The first-order valence-electron chi connectivity index (χ1n) is 10.6. The summed E-state index contributed by atoms with van der Waals surface area (Å²) in [4.78, 5) is 16.9. The first kappa shape index (κ1) is 19.6. The molecule has 1 N–H and O–H groups in total. The zero-order valence-corrected chi connectivity index (χ0v) is 17.5. The van der Waals surface area contributed by atoms with Gasteiger partial charge in [0, 0.05) is 19.5 Å². The summed E-state index contributed by atoms with van der Waals surface area (Å²) >= 11 is 6.00. The number of anilines is 1. The highest BCUT2D eigenvalue weighted by Gasteiger charge is 2.49. The smallest absolute Gasteiger partial charge is 0.319 e.